The molecule has 24 heavy (non-hydrogen) atoms. The van der Waals surface area contributed by atoms with Crippen LogP contribution in [0.4, 0.5) is 10.1 Å². The topological polar surface area (TPSA) is 21.3 Å². The minimum absolute atomic E-state index is 0.0103. The first-order chi connectivity index (χ1) is 11.8. The van der Waals surface area contributed by atoms with Crippen molar-refractivity contribution < 1.29 is 9.13 Å². The fourth-order valence-electron chi connectivity index (χ4n) is 4.49. The Bertz CT molecular complexity index is 770. The highest BCUT2D eigenvalue weighted by Gasteiger charge is 2.42. The molecule has 0 bridgehead atoms. The van der Waals surface area contributed by atoms with E-state index in [4.69, 9.17) is 4.74 Å². The van der Waals surface area contributed by atoms with Crippen molar-refractivity contribution >= 4 is 5.69 Å². The smallest absolute Gasteiger partial charge is 0.128 e. The number of ether oxygens (including phenoxy) is 1. The Hall–Kier alpha value is -1.87. The molecular formula is C21H22FNO. The van der Waals surface area contributed by atoms with Crippen molar-refractivity contribution in [3.8, 4) is 0 Å². The predicted molar refractivity (Wildman–Crippen MR) is 92.6 cm³/mol. The van der Waals surface area contributed by atoms with E-state index in [1.165, 1.54) is 29.7 Å². The van der Waals surface area contributed by atoms with E-state index in [9.17, 15) is 4.39 Å². The highest BCUT2D eigenvalue weighted by Crippen LogP contribution is 2.53. The summed E-state index contributed by atoms with van der Waals surface area (Å²) in [6.45, 7) is 0.804. The lowest BCUT2D eigenvalue weighted by molar-refractivity contribution is -0.0385. The molecule has 124 valence electrons. The molecule has 2 aromatic rings. The molecule has 0 amide bonds. The van der Waals surface area contributed by atoms with E-state index >= 15 is 0 Å². The van der Waals surface area contributed by atoms with Gasteiger partial charge in [-0.15, -0.1) is 0 Å². The standard InChI is InChI=1S/C21H22FNO/c22-18-9-2-1-5-15(18)20-17-8-4-12-24-21(17)16-7-3-6-14(13-10-11-13)19(16)23-20/h1-3,5-7,9,13,17,20-21,23H,4,8,10-12H2. The Morgan fingerprint density at radius 2 is 1.71 bits per heavy atom. The maximum Gasteiger partial charge on any atom is 0.128 e. The Labute approximate surface area is 142 Å². The third-order valence-electron chi connectivity index (χ3n) is 5.79. The summed E-state index contributed by atoms with van der Waals surface area (Å²) in [6, 6.07) is 13.7. The lowest BCUT2D eigenvalue weighted by atomic mass is 9.76. The summed E-state index contributed by atoms with van der Waals surface area (Å²) in [6.07, 6.45) is 4.72. The molecule has 3 heteroatoms. The number of benzene rings is 2. The van der Waals surface area contributed by atoms with Gasteiger partial charge in [0.1, 0.15) is 5.82 Å². The molecule has 1 saturated heterocycles. The monoisotopic (exact) mass is 323 g/mol. The molecule has 0 spiro atoms. The van der Waals surface area contributed by atoms with E-state index in [2.05, 4.69) is 23.5 Å². The zero-order valence-corrected chi connectivity index (χ0v) is 13.7. The summed E-state index contributed by atoms with van der Waals surface area (Å²) in [4.78, 5) is 0. The number of halogens is 1. The van der Waals surface area contributed by atoms with Crippen LogP contribution in [0.15, 0.2) is 42.5 Å². The van der Waals surface area contributed by atoms with Gasteiger partial charge in [-0.1, -0.05) is 36.4 Å². The molecule has 2 heterocycles. The van der Waals surface area contributed by atoms with Gasteiger partial charge in [0.2, 0.25) is 0 Å². The third-order valence-corrected chi connectivity index (χ3v) is 5.79. The predicted octanol–water partition coefficient (Wildman–Crippen LogP) is 5.34. The Balaban J connectivity index is 1.64. The normalized spacial score (nSPS) is 28.6. The first-order valence-corrected chi connectivity index (χ1v) is 9.08. The quantitative estimate of drug-likeness (QED) is 0.805. The SMILES string of the molecule is Fc1ccccc1C1Nc2c(C3CC3)cccc2C2OCCCC12. The van der Waals surface area contributed by atoms with Crippen molar-refractivity contribution in [1.82, 2.24) is 0 Å². The van der Waals surface area contributed by atoms with Crippen LogP contribution < -0.4 is 5.32 Å². The number of fused-ring (bicyclic) bond motifs is 3. The largest absolute Gasteiger partial charge is 0.377 e. The first kappa shape index (κ1) is 14.5. The zero-order chi connectivity index (χ0) is 16.1. The van der Waals surface area contributed by atoms with E-state index in [0.29, 0.717) is 5.92 Å². The molecular weight excluding hydrogens is 301 g/mol. The number of nitrogens with one attached hydrogen (secondary N) is 1. The summed E-state index contributed by atoms with van der Waals surface area (Å²) in [5, 5.41) is 3.72. The zero-order valence-electron chi connectivity index (χ0n) is 13.7. The van der Waals surface area contributed by atoms with Crippen LogP contribution in [0.5, 0.6) is 0 Å². The molecule has 0 aromatic heterocycles. The van der Waals surface area contributed by atoms with Crippen LogP contribution in [0.2, 0.25) is 0 Å². The average Bonchev–Trinajstić information content (AvgIpc) is 3.46. The molecule has 1 saturated carbocycles. The number of rotatable bonds is 2. The molecule has 2 aliphatic heterocycles. The van der Waals surface area contributed by atoms with Crippen molar-refractivity contribution in [2.24, 2.45) is 5.92 Å². The van der Waals surface area contributed by atoms with Gasteiger partial charge < -0.3 is 10.1 Å². The van der Waals surface area contributed by atoms with Crippen molar-refractivity contribution in [3.05, 3.63) is 65.0 Å². The van der Waals surface area contributed by atoms with Gasteiger partial charge in [0, 0.05) is 29.3 Å². The summed E-state index contributed by atoms with van der Waals surface area (Å²) in [5.74, 6) is 0.832. The van der Waals surface area contributed by atoms with Crippen molar-refractivity contribution in [3.63, 3.8) is 0 Å². The Morgan fingerprint density at radius 3 is 2.54 bits per heavy atom. The fourth-order valence-corrected chi connectivity index (χ4v) is 4.49. The van der Waals surface area contributed by atoms with Gasteiger partial charge in [-0.2, -0.15) is 0 Å². The molecule has 1 aliphatic carbocycles. The molecule has 1 N–H and O–H groups in total. The summed E-state index contributed by atoms with van der Waals surface area (Å²) in [7, 11) is 0. The van der Waals surface area contributed by atoms with E-state index in [1.807, 2.05) is 12.1 Å². The van der Waals surface area contributed by atoms with Crippen LogP contribution in [0.1, 0.15) is 60.4 Å². The molecule has 0 radical (unpaired) electrons. The van der Waals surface area contributed by atoms with E-state index < -0.39 is 0 Å². The second-order valence-corrected chi connectivity index (χ2v) is 7.33. The number of hydrogen-bond donors (Lipinski definition) is 1. The van der Waals surface area contributed by atoms with Gasteiger partial charge in [0.15, 0.2) is 0 Å². The van der Waals surface area contributed by atoms with Crippen molar-refractivity contribution in [2.75, 3.05) is 11.9 Å². The maximum atomic E-state index is 14.5. The highest BCUT2D eigenvalue weighted by molar-refractivity contribution is 5.64. The molecule has 3 atom stereocenters. The van der Waals surface area contributed by atoms with E-state index in [0.717, 1.165) is 25.0 Å². The van der Waals surface area contributed by atoms with Crippen LogP contribution in [-0.4, -0.2) is 6.61 Å². The highest BCUT2D eigenvalue weighted by atomic mass is 19.1. The molecule has 2 nitrogen and oxygen atoms in total. The number of para-hydroxylation sites is 1. The summed E-state index contributed by atoms with van der Waals surface area (Å²) in [5.41, 5.74) is 4.64. The Morgan fingerprint density at radius 1 is 0.917 bits per heavy atom. The average molecular weight is 323 g/mol. The first-order valence-electron chi connectivity index (χ1n) is 9.08. The minimum Gasteiger partial charge on any atom is -0.377 e. The molecule has 3 unspecified atom stereocenters. The van der Waals surface area contributed by atoms with E-state index in [1.54, 1.807) is 12.1 Å². The van der Waals surface area contributed by atoms with Crippen LogP contribution >= 0.6 is 0 Å². The van der Waals surface area contributed by atoms with Gasteiger partial charge in [0.25, 0.3) is 0 Å². The Kier molecular flexibility index (Phi) is 3.37. The molecule has 2 fully saturated rings. The van der Waals surface area contributed by atoms with E-state index in [-0.39, 0.29) is 23.9 Å². The lowest BCUT2D eigenvalue weighted by Gasteiger charge is -2.44. The van der Waals surface area contributed by atoms with Gasteiger partial charge in [-0.3, -0.25) is 0 Å². The summed E-state index contributed by atoms with van der Waals surface area (Å²) >= 11 is 0. The number of anilines is 1. The fraction of sp³-hybridized carbons (Fsp3) is 0.429. The van der Waals surface area contributed by atoms with Gasteiger partial charge in [-0.25, -0.2) is 4.39 Å². The van der Waals surface area contributed by atoms with Crippen molar-refractivity contribution in [1.29, 1.82) is 0 Å². The molecule has 5 rings (SSSR count). The van der Waals surface area contributed by atoms with Crippen LogP contribution in [-0.2, 0) is 4.74 Å². The maximum absolute atomic E-state index is 14.5. The second kappa shape index (κ2) is 5.59. The number of hydrogen-bond acceptors (Lipinski definition) is 2. The van der Waals surface area contributed by atoms with Crippen molar-refractivity contribution in [2.45, 2.75) is 43.7 Å². The molecule has 3 aliphatic rings. The minimum atomic E-state index is -0.119. The lowest BCUT2D eigenvalue weighted by Crippen LogP contribution is -2.36. The van der Waals surface area contributed by atoms with Crippen LogP contribution in [0.25, 0.3) is 0 Å². The summed E-state index contributed by atoms with van der Waals surface area (Å²) < 4.78 is 20.7. The van der Waals surface area contributed by atoms with Gasteiger partial charge in [0.05, 0.1) is 12.1 Å². The third kappa shape index (κ3) is 2.26. The molecule has 2 aromatic carbocycles. The second-order valence-electron chi connectivity index (χ2n) is 7.33. The van der Waals surface area contributed by atoms with Gasteiger partial charge in [-0.05, 0) is 43.2 Å². The van der Waals surface area contributed by atoms with Crippen LogP contribution in [0, 0.1) is 11.7 Å². The van der Waals surface area contributed by atoms with Gasteiger partial charge >= 0.3 is 0 Å². The van der Waals surface area contributed by atoms with Crippen LogP contribution in [0.3, 0.4) is 0 Å².